The number of hydrogen-bond acceptors (Lipinski definition) is 14. The number of hydrogen-bond donors (Lipinski definition) is 7. The molecule has 0 spiro atoms. The minimum Gasteiger partial charge on any atom is -0.472 e. The zero-order valence-corrected chi connectivity index (χ0v) is 50.1. The summed E-state index contributed by atoms with van der Waals surface area (Å²) in [6, 6.07) is 17.7. The van der Waals surface area contributed by atoms with Crippen molar-refractivity contribution < 1.29 is 48.0 Å². The summed E-state index contributed by atoms with van der Waals surface area (Å²) in [5, 5.41) is 19.6. The van der Waals surface area contributed by atoms with E-state index in [-0.39, 0.29) is 60.3 Å². The molecule has 4 aliphatic rings. The zero-order chi connectivity index (χ0) is 60.7. The monoisotopic (exact) mass is 1180 g/mol. The molecule has 4 aliphatic heterocycles. The van der Waals surface area contributed by atoms with Crippen molar-refractivity contribution in [1.29, 1.82) is 0 Å². The minimum absolute atomic E-state index is 0.105. The van der Waals surface area contributed by atoms with Crippen LogP contribution < -0.4 is 20.7 Å². The normalized spacial score (nSPS) is 18.9. The van der Waals surface area contributed by atoms with E-state index in [1.54, 1.807) is 9.80 Å². The number of benzene rings is 3. The van der Waals surface area contributed by atoms with E-state index in [2.05, 4.69) is 84.0 Å². The summed E-state index contributed by atoms with van der Waals surface area (Å²) in [5.41, 5.74) is 9.44. The number of methoxy groups -OCH3 is 3. The van der Waals surface area contributed by atoms with Gasteiger partial charge in [-0.3, -0.25) is 19.7 Å². The number of aromatic amines is 3. The molecule has 5 amide bonds. The summed E-state index contributed by atoms with van der Waals surface area (Å²) in [6.45, 7) is 13.3. The van der Waals surface area contributed by atoms with Crippen molar-refractivity contribution in [2.45, 2.75) is 129 Å². The molecule has 23 heteroatoms. The molecule has 0 saturated carbocycles. The Labute approximate surface area is 498 Å². The maximum Gasteiger partial charge on any atom is 0.407 e. The number of carbonyl (C=O) groups excluding carboxylic acids is 5. The van der Waals surface area contributed by atoms with Gasteiger partial charge in [0.2, 0.25) is 24.1 Å². The van der Waals surface area contributed by atoms with E-state index < -0.39 is 36.7 Å². The first-order valence-corrected chi connectivity index (χ1v) is 29.7. The SMILES string of the molecule is COC(=O)NC(C(=O)N1CCCC1c1nc(-c2ccc(-c3c4n(c5ccc(-c6c[nH]c(C7CCCN7C(=O)C(NC(=O)OC)C(C)C)n6)cc35)COc3cc(-c5c[nH]c(C6CCCN6C(=O)C(NC(O)OC)C(C)C)n5)ccc3-4)cc2)c[nH]1)C(C)C. The number of nitrogens with one attached hydrogen (secondary N) is 6. The fourth-order valence-electron chi connectivity index (χ4n) is 12.8. The third-order valence-corrected chi connectivity index (χ3v) is 17.3. The number of H-pyrrole nitrogens is 3. The van der Waals surface area contributed by atoms with Gasteiger partial charge in [0.05, 0.1) is 66.7 Å². The van der Waals surface area contributed by atoms with Gasteiger partial charge in [-0.15, -0.1) is 0 Å². The highest BCUT2D eigenvalue weighted by Gasteiger charge is 2.41. The van der Waals surface area contributed by atoms with Gasteiger partial charge in [-0.1, -0.05) is 77.9 Å². The zero-order valence-electron chi connectivity index (χ0n) is 50.1. The van der Waals surface area contributed by atoms with Crippen LogP contribution in [0.4, 0.5) is 9.59 Å². The first kappa shape index (κ1) is 59.2. The molecule has 7 unspecified atom stereocenters. The van der Waals surface area contributed by atoms with E-state index in [0.717, 1.165) is 87.8 Å². The molecule has 8 heterocycles. The number of imidazole rings is 3. The summed E-state index contributed by atoms with van der Waals surface area (Å²) >= 11 is 0. The van der Waals surface area contributed by atoms with Crippen LogP contribution in [-0.4, -0.2) is 150 Å². The Kier molecular flexibility index (Phi) is 17.1. The smallest absolute Gasteiger partial charge is 0.407 e. The number of ether oxygens (including phenoxy) is 4. The minimum atomic E-state index is -1.28. The van der Waals surface area contributed by atoms with Crippen LogP contribution in [0.15, 0.2) is 79.3 Å². The molecule has 0 aliphatic carbocycles. The van der Waals surface area contributed by atoms with E-state index in [9.17, 15) is 29.1 Å². The average Bonchev–Trinajstić information content (AvgIpc) is 1.63. The largest absolute Gasteiger partial charge is 0.472 e. The molecular formula is C63H77N13O10. The topological polar surface area (TPSA) is 279 Å². The van der Waals surface area contributed by atoms with Crippen LogP contribution in [0.3, 0.4) is 0 Å². The van der Waals surface area contributed by atoms with Crippen LogP contribution in [0, 0.1) is 17.8 Å². The maximum atomic E-state index is 14.0. The highest BCUT2D eigenvalue weighted by molar-refractivity contribution is 6.07. The molecule has 7 N–H and O–H groups in total. The Morgan fingerprint density at radius 2 is 1.01 bits per heavy atom. The van der Waals surface area contributed by atoms with E-state index in [0.29, 0.717) is 60.7 Å². The molecule has 0 bridgehead atoms. The number of fused-ring (bicyclic) bond motifs is 5. The molecule has 454 valence electrons. The van der Waals surface area contributed by atoms with Crippen molar-refractivity contribution in [3.63, 3.8) is 0 Å². The lowest BCUT2D eigenvalue weighted by atomic mass is 9.95. The van der Waals surface area contributed by atoms with Crippen LogP contribution in [0.25, 0.3) is 67.1 Å². The first-order valence-electron chi connectivity index (χ1n) is 29.7. The van der Waals surface area contributed by atoms with Crippen LogP contribution >= 0.6 is 0 Å². The number of alkyl carbamates (subject to hydrolysis) is 2. The Morgan fingerprint density at radius 1 is 0.581 bits per heavy atom. The molecule has 0 radical (unpaired) electrons. The Balaban J connectivity index is 0.927. The van der Waals surface area contributed by atoms with Crippen molar-refractivity contribution in [3.8, 4) is 61.9 Å². The summed E-state index contributed by atoms with van der Waals surface area (Å²) in [5.74, 6) is 1.77. The molecule has 7 aromatic rings. The van der Waals surface area contributed by atoms with Crippen molar-refractivity contribution in [2.24, 2.45) is 17.8 Å². The van der Waals surface area contributed by atoms with Crippen molar-refractivity contribution >= 4 is 40.8 Å². The number of amides is 5. The lowest BCUT2D eigenvalue weighted by molar-refractivity contribution is -0.145. The highest BCUT2D eigenvalue weighted by Crippen LogP contribution is 2.49. The van der Waals surface area contributed by atoms with Gasteiger partial charge in [0.15, 0.2) is 6.73 Å². The van der Waals surface area contributed by atoms with Crippen molar-refractivity contribution in [2.75, 3.05) is 41.0 Å². The van der Waals surface area contributed by atoms with Gasteiger partial charge in [-0.05, 0) is 86.1 Å². The third kappa shape index (κ3) is 11.4. The molecule has 3 saturated heterocycles. The fourth-order valence-corrected chi connectivity index (χ4v) is 12.8. The van der Waals surface area contributed by atoms with Crippen molar-refractivity contribution in [3.05, 3.63) is 96.7 Å². The molecular weight excluding hydrogens is 1100 g/mol. The first-order chi connectivity index (χ1) is 41.5. The second-order valence-corrected chi connectivity index (χ2v) is 23.7. The van der Waals surface area contributed by atoms with Gasteiger partial charge in [0, 0.05) is 78.5 Å². The highest BCUT2D eigenvalue weighted by atomic mass is 16.6. The summed E-state index contributed by atoms with van der Waals surface area (Å²) in [4.78, 5) is 97.4. The summed E-state index contributed by atoms with van der Waals surface area (Å²) < 4.78 is 23.6. The standard InChI is InChI=1S/C63H77N13O10/c1-33(2)51(70-61(80)83-7)58(77)73-24-10-13-46(73)55-64-29-42(67-55)36-16-18-37(19-17-36)50-41-27-38(43-30-65-56(68-43)47-14-11-25-74(47)59(78)52(34(3)4)71-62(81)84-8)21-23-45(41)76-32-86-49-28-39(20-22-40(49)54(50)76)44-31-66-57(69-44)48-15-12-26-75(48)60(79)53(35(5)6)72-63(82)85-9/h16-23,27-31,33-35,46-48,51-53,63,72,82H,10-15,24-26,32H2,1-9H3,(H,64,67)(H,65,68)(H,66,69)(H,70,80)(H,71,81). The molecule has 86 heavy (non-hydrogen) atoms. The van der Waals surface area contributed by atoms with Gasteiger partial charge >= 0.3 is 12.2 Å². The Bertz CT molecular complexity index is 3640. The van der Waals surface area contributed by atoms with Gasteiger partial charge in [0.25, 0.3) is 0 Å². The number of nitrogens with zero attached hydrogens (tertiary/aromatic N) is 7. The number of aliphatic hydroxyl groups is 1. The number of rotatable bonds is 18. The predicted octanol–water partition coefficient (Wildman–Crippen LogP) is 8.78. The van der Waals surface area contributed by atoms with Gasteiger partial charge in [-0.2, -0.15) is 0 Å². The predicted molar refractivity (Wildman–Crippen MR) is 320 cm³/mol. The van der Waals surface area contributed by atoms with Gasteiger partial charge in [0.1, 0.15) is 35.3 Å². The van der Waals surface area contributed by atoms with Crippen molar-refractivity contribution in [1.82, 2.24) is 65.1 Å². The number of aliphatic hydroxyl groups excluding tert-OH is 1. The maximum absolute atomic E-state index is 14.0. The average molecular weight is 1180 g/mol. The van der Waals surface area contributed by atoms with E-state index in [1.165, 1.54) is 21.3 Å². The number of likely N-dealkylation sites (tertiary alicyclic amines) is 3. The van der Waals surface area contributed by atoms with E-state index >= 15 is 0 Å². The van der Waals surface area contributed by atoms with E-state index in [1.807, 2.05) is 77.2 Å². The van der Waals surface area contributed by atoms with Crippen LogP contribution in [0.2, 0.25) is 0 Å². The molecule has 4 aromatic heterocycles. The second-order valence-electron chi connectivity index (χ2n) is 23.7. The number of carbonyl (C=O) groups is 5. The number of aromatic nitrogens is 7. The molecule has 11 rings (SSSR count). The third-order valence-electron chi connectivity index (χ3n) is 17.3. The Hall–Kier alpha value is -8.54. The molecule has 3 fully saturated rings. The summed E-state index contributed by atoms with van der Waals surface area (Å²) in [6.07, 6.45) is 7.58. The fraction of sp³-hybridized carbons (Fsp3) is 0.460. The van der Waals surface area contributed by atoms with Gasteiger partial charge < -0.3 is 68.9 Å². The lowest BCUT2D eigenvalue weighted by Gasteiger charge is -2.31. The molecule has 23 nitrogen and oxygen atoms in total. The molecule has 7 atom stereocenters. The van der Waals surface area contributed by atoms with Crippen LogP contribution in [0.5, 0.6) is 5.75 Å². The lowest BCUT2D eigenvalue weighted by Crippen LogP contribution is -2.52. The second kappa shape index (κ2) is 24.8. The Morgan fingerprint density at radius 3 is 1.48 bits per heavy atom. The van der Waals surface area contributed by atoms with Crippen LogP contribution in [0.1, 0.15) is 116 Å². The van der Waals surface area contributed by atoms with E-state index in [4.69, 9.17) is 33.9 Å². The van der Waals surface area contributed by atoms with Crippen LogP contribution in [-0.2, 0) is 35.3 Å². The quantitative estimate of drug-likeness (QED) is 0.0396. The summed E-state index contributed by atoms with van der Waals surface area (Å²) in [7, 11) is 3.95. The molecule has 3 aromatic carbocycles. The van der Waals surface area contributed by atoms with Gasteiger partial charge in [-0.25, -0.2) is 24.5 Å².